The average molecular weight is 339 g/mol. The number of aliphatic imine (C=N–C) groups is 1. The molecule has 0 spiro atoms. The van der Waals surface area contributed by atoms with Crippen molar-refractivity contribution in [3.8, 4) is 5.75 Å². The molecule has 1 aromatic carbocycles. The summed E-state index contributed by atoms with van der Waals surface area (Å²) in [7, 11) is -3.31. The summed E-state index contributed by atoms with van der Waals surface area (Å²) in [4.78, 5) is 12.4. The Labute approximate surface area is 132 Å². The molecule has 0 saturated heterocycles. The van der Waals surface area contributed by atoms with E-state index in [2.05, 4.69) is 20.3 Å². The molecule has 0 bridgehead atoms. The van der Waals surface area contributed by atoms with Gasteiger partial charge in [-0.2, -0.15) is 0 Å². The maximum atomic E-state index is 11.5. The first-order valence-corrected chi connectivity index (χ1v) is 8.49. The zero-order valence-electron chi connectivity index (χ0n) is 11.4. The summed E-state index contributed by atoms with van der Waals surface area (Å²) in [6, 6.07) is 4.42. The average Bonchev–Trinajstić information content (AvgIpc) is 2.48. The van der Waals surface area contributed by atoms with Crippen molar-refractivity contribution in [3.05, 3.63) is 29.5 Å². The first-order chi connectivity index (χ1) is 10.4. The first kappa shape index (κ1) is 14.7. The second kappa shape index (κ2) is 5.54. The summed E-state index contributed by atoms with van der Waals surface area (Å²) in [5.74, 6) is 1.26. The molecule has 2 heterocycles. The molecule has 1 aromatic heterocycles. The molecule has 0 saturated carbocycles. The summed E-state index contributed by atoms with van der Waals surface area (Å²) in [5, 5.41) is 3.26. The highest BCUT2D eigenvalue weighted by Gasteiger charge is 2.17. The van der Waals surface area contributed by atoms with E-state index in [1.165, 1.54) is 18.5 Å². The van der Waals surface area contributed by atoms with Crippen molar-refractivity contribution in [2.24, 2.45) is 4.99 Å². The zero-order valence-corrected chi connectivity index (χ0v) is 13.0. The van der Waals surface area contributed by atoms with Gasteiger partial charge < -0.3 is 10.1 Å². The van der Waals surface area contributed by atoms with Crippen LogP contribution in [0.1, 0.15) is 0 Å². The predicted molar refractivity (Wildman–Crippen MR) is 83.5 cm³/mol. The van der Waals surface area contributed by atoms with E-state index in [1.54, 1.807) is 12.3 Å². The zero-order chi connectivity index (χ0) is 15.7. The maximum absolute atomic E-state index is 11.5. The molecule has 114 valence electrons. The van der Waals surface area contributed by atoms with Gasteiger partial charge in [0.25, 0.3) is 0 Å². The largest absolute Gasteiger partial charge is 0.481 e. The lowest BCUT2D eigenvalue weighted by atomic mass is 10.3. The van der Waals surface area contributed by atoms with E-state index in [0.717, 1.165) is 6.26 Å². The monoisotopic (exact) mass is 338 g/mol. The minimum absolute atomic E-state index is 0.147. The first-order valence-electron chi connectivity index (χ1n) is 6.22. The molecule has 9 heteroatoms. The van der Waals surface area contributed by atoms with Crippen molar-refractivity contribution in [1.82, 2.24) is 9.97 Å². The highest BCUT2D eigenvalue weighted by Crippen LogP contribution is 2.36. The van der Waals surface area contributed by atoms with Gasteiger partial charge in [-0.25, -0.2) is 23.4 Å². The number of aromatic nitrogens is 2. The molecule has 0 radical (unpaired) electrons. The number of ether oxygens (including phenoxy) is 1. The molecule has 0 atom stereocenters. The van der Waals surface area contributed by atoms with Crippen LogP contribution in [0.3, 0.4) is 0 Å². The topological polar surface area (TPSA) is 93.5 Å². The van der Waals surface area contributed by atoms with Gasteiger partial charge in [0, 0.05) is 12.5 Å². The molecule has 0 fully saturated rings. The Morgan fingerprint density at radius 2 is 2.14 bits per heavy atom. The van der Waals surface area contributed by atoms with Gasteiger partial charge in [-0.3, -0.25) is 0 Å². The van der Waals surface area contributed by atoms with Crippen molar-refractivity contribution in [1.29, 1.82) is 0 Å². The molecule has 3 rings (SSSR count). The predicted octanol–water partition coefficient (Wildman–Crippen LogP) is 2.37. The third-order valence-electron chi connectivity index (χ3n) is 2.92. The Bertz CT molecular complexity index is 868. The lowest BCUT2D eigenvalue weighted by molar-refractivity contribution is 0.375. The quantitative estimate of drug-likeness (QED) is 0.923. The number of rotatable bonds is 3. The number of halogens is 1. The van der Waals surface area contributed by atoms with Gasteiger partial charge in [-0.1, -0.05) is 11.6 Å². The summed E-state index contributed by atoms with van der Waals surface area (Å²) < 4.78 is 28.5. The molecule has 0 amide bonds. The minimum atomic E-state index is -3.31. The third-order valence-corrected chi connectivity index (χ3v) is 4.35. The number of nitrogens with one attached hydrogen (secondary N) is 1. The van der Waals surface area contributed by atoms with Crippen LogP contribution in [0, 0.1) is 0 Å². The van der Waals surface area contributed by atoms with Crippen molar-refractivity contribution < 1.29 is 13.2 Å². The van der Waals surface area contributed by atoms with E-state index >= 15 is 0 Å². The Morgan fingerprint density at radius 3 is 2.86 bits per heavy atom. The SMILES string of the molecule is CS(=O)(=O)c1ccc(Nc2ncnc3c2OCC=N3)c(Cl)c1. The second-order valence-corrected chi connectivity index (χ2v) is 6.96. The van der Waals surface area contributed by atoms with Crippen molar-refractivity contribution in [2.45, 2.75) is 4.90 Å². The van der Waals surface area contributed by atoms with Gasteiger partial charge in [-0.05, 0) is 18.2 Å². The number of fused-ring (bicyclic) bond motifs is 1. The Hall–Kier alpha value is -2.19. The molecule has 1 aliphatic rings. The van der Waals surface area contributed by atoms with E-state index in [-0.39, 0.29) is 9.92 Å². The van der Waals surface area contributed by atoms with Gasteiger partial charge in [0.15, 0.2) is 21.5 Å². The molecule has 0 unspecified atom stereocenters. The van der Waals surface area contributed by atoms with Gasteiger partial charge in [-0.15, -0.1) is 0 Å². The number of nitrogens with zero attached hydrogens (tertiary/aromatic N) is 3. The fourth-order valence-electron chi connectivity index (χ4n) is 1.88. The number of benzene rings is 1. The number of hydrogen-bond donors (Lipinski definition) is 1. The van der Waals surface area contributed by atoms with E-state index in [1.807, 2.05) is 0 Å². The van der Waals surface area contributed by atoms with Crippen LogP contribution < -0.4 is 10.1 Å². The fraction of sp³-hybridized carbons (Fsp3) is 0.154. The Morgan fingerprint density at radius 1 is 1.32 bits per heavy atom. The lowest BCUT2D eigenvalue weighted by Crippen LogP contribution is -2.08. The molecular weight excluding hydrogens is 328 g/mol. The van der Waals surface area contributed by atoms with Gasteiger partial charge in [0.1, 0.15) is 12.9 Å². The Kier molecular flexibility index (Phi) is 3.71. The van der Waals surface area contributed by atoms with Crippen molar-refractivity contribution >= 4 is 45.0 Å². The van der Waals surface area contributed by atoms with Crippen molar-refractivity contribution in [2.75, 3.05) is 18.2 Å². The molecule has 2 aromatic rings. The van der Waals surface area contributed by atoms with Gasteiger partial charge in [0.2, 0.25) is 5.75 Å². The standard InChI is InChI=1S/C13H11ClN4O3S/c1-22(19,20)8-2-3-10(9(14)6-8)18-13-11-12(16-7-17-13)15-4-5-21-11/h2-4,6-7H,5H2,1H3,(H,16,17,18). The van der Waals surface area contributed by atoms with Crippen LogP contribution in [0.4, 0.5) is 17.3 Å². The van der Waals surface area contributed by atoms with Crippen LogP contribution in [0.25, 0.3) is 0 Å². The van der Waals surface area contributed by atoms with E-state index < -0.39 is 9.84 Å². The van der Waals surface area contributed by atoms with Crippen LogP contribution in [-0.2, 0) is 9.84 Å². The number of sulfone groups is 1. The molecule has 0 aliphatic carbocycles. The molecular formula is C13H11ClN4O3S. The summed E-state index contributed by atoms with van der Waals surface area (Å²) in [6.07, 6.45) is 4.08. The lowest BCUT2D eigenvalue weighted by Gasteiger charge is -2.15. The molecule has 1 N–H and O–H groups in total. The second-order valence-electron chi connectivity index (χ2n) is 4.54. The minimum Gasteiger partial charge on any atom is -0.481 e. The highest BCUT2D eigenvalue weighted by molar-refractivity contribution is 7.90. The van der Waals surface area contributed by atoms with Gasteiger partial charge >= 0.3 is 0 Å². The Balaban J connectivity index is 1.96. The van der Waals surface area contributed by atoms with Crippen LogP contribution in [0.5, 0.6) is 5.75 Å². The van der Waals surface area contributed by atoms with Crippen LogP contribution >= 0.6 is 11.6 Å². The summed E-state index contributed by atoms with van der Waals surface area (Å²) in [6.45, 7) is 0.329. The summed E-state index contributed by atoms with van der Waals surface area (Å²) in [5.41, 5.74) is 0.508. The smallest absolute Gasteiger partial charge is 0.207 e. The number of anilines is 2. The molecule has 1 aliphatic heterocycles. The van der Waals surface area contributed by atoms with Crippen LogP contribution in [0.2, 0.25) is 5.02 Å². The number of hydrogen-bond acceptors (Lipinski definition) is 7. The highest BCUT2D eigenvalue weighted by atomic mass is 35.5. The van der Waals surface area contributed by atoms with E-state index in [4.69, 9.17) is 16.3 Å². The molecule has 22 heavy (non-hydrogen) atoms. The van der Waals surface area contributed by atoms with E-state index in [0.29, 0.717) is 29.7 Å². The van der Waals surface area contributed by atoms with Crippen LogP contribution in [0.15, 0.2) is 34.4 Å². The fourth-order valence-corrected chi connectivity index (χ4v) is 2.82. The third kappa shape index (κ3) is 2.88. The van der Waals surface area contributed by atoms with Crippen LogP contribution in [-0.4, -0.2) is 37.5 Å². The maximum Gasteiger partial charge on any atom is 0.207 e. The summed E-state index contributed by atoms with van der Waals surface area (Å²) >= 11 is 6.13. The molecule has 7 nitrogen and oxygen atoms in total. The van der Waals surface area contributed by atoms with Crippen molar-refractivity contribution in [3.63, 3.8) is 0 Å². The normalized spacial score (nSPS) is 13.4. The van der Waals surface area contributed by atoms with Gasteiger partial charge in [0.05, 0.1) is 15.6 Å². The van der Waals surface area contributed by atoms with E-state index in [9.17, 15) is 8.42 Å².